The van der Waals surface area contributed by atoms with E-state index in [2.05, 4.69) is 0 Å². The first-order valence-corrected chi connectivity index (χ1v) is 8.26. The Morgan fingerprint density at radius 1 is 0.920 bits per heavy atom. The lowest BCUT2D eigenvalue weighted by molar-refractivity contribution is 0.104. The number of allylic oxidation sites excluding steroid dienone is 1. The molecule has 2 nitrogen and oxygen atoms in total. The lowest BCUT2D eigenvalue weighted by Crippen LogP contribution is -1.95. The quantitative estimate of drug-likeness (QED) is 0.443. The summed E-state index contributed by atoms with van der Waals surface area (Å²) >= 11 is 0. The Labute approximate surface area is 148 Å². The molecule has 0 unspecified atom stereocenters. The van der Waals surface area contributed by atoms with Crippen LogP contribution in [-0.4, -0.2) is 5.78 Å². The van der Waals surface area contributed by atoms with E-state index in [1.165, 1.54) is 0 Å². The van der Waals surface area contributed by atoms with E-state index in [9.17, 15) is 4.79 Å². The molecule has 0 aliphatic rings. The summed E-state index contributed by atoms with van der Waals surface area (Å²) in [6, 6.07) is 25.4. The SMILES string of the molecule is Cc1ccc(C(=O)/C=C/c2cccc(OCc3ccccc3)c2)cc1. The van der Waals surface area contributed by atoms with Crippen LogP contribution in [0.5, 0.6) is 5.75 Å². The average Bonchev–Trinajstić information content (AvgIpc) is 2.66. The lowest BCUT2D eigenvalue weighted by Gasteiger charge is -2.06. The fourth-order valence-corrected chi connectivity index (χ4v) is 2.43. The molecule has 0 bridgehead atoms. The van der Waals surface area contributed by atoms with E-state index >= 15 is 0 Å². The number of aryl methyl sites for hydroxylation is 1. The van der Waals surface area contributed by atoms with Crippen molar-refractivity contribution in [2.24, 2.45) is 0 Å². The molecule has 3 aromatic carbocycles. The van der Waals surface area contributed by atoms with Gasteiger partial charge in [0.15, 0.2) is 5.78 Å². The van der Waals surface area contributed by atoms with Crippen LogP contribution in [0.4, 0.5) is 0 Å². The Morgan fingerprint density at radius 3 is 2.44 bits per heavy atom. The van der Waals surface area contributed by atoms with Gasteiger partial charge in [-0.3, -0.25) is 4.79 Å². The van der Waals surface area contributed by atoms with Crippen LogP contribution in [0.3, 0.4) is 0 Å². The van der Waals surface area contributed by atoms with Crippen molar-refractivity contribution in [3.63, 3.8) is 0 Å². The van der Waals surface area contributed by atoms with Gasteiger partial charge in [0.1, 0.15) is 12.4 Å². The third-order valence-electron chi connectivity index (χ3n) is 3.87. The third-order valence-corrected chi connectivity index (χ3v) is 3.87. The molecule has 25 heavy (non-hydrogen) atoms. The van der Waals surface area contributed by atoms with E-state index in [0.717, 1.165) is 22.4 Å². The minimum absolute atomic E-state index is 0.00407. The Kier molecular flexibility index (Phi) is 5.43. The zero-order valence-electron chi connectivity index (χ0n) is 14.2. The highest BCUT2D eigenvalue weighted by atomic mass is 16.5. The molecular formula is C23H20O2. The minimum Gasteiger partial charge on any atom is -0.489 e. The average molecular weight is 328 g/mol. The van der Waals surface area contributed by atoms with Crippen LogP contribution >= 0.6 is 0 Å². The van der Waals surface area contributed by atoms with Crippen LogP contribution in [0.1, 0.15) is 27.0 Å². The van der Waals surface area contributed by atoms with Crippen molar-refractivity contribution < 1.29 is 9.53 Å². The molecule has 3 rings (SSSR count). The van der Waals surface area contributed by atoms with Crippen molar-refractivity contribution in [1.29, 1.82) is 0 Å². The van der Waals surface area contributed by atoms with Gasteiger partial charge in [0.2, 0.25) is 0 Å². The number of rotatable bonds is 6. The van der Waals surface area contributed by atoms with Crippen LogP contribution in [0.15, 0.2) is 84.9 Å². The molecule has 0 spiro atoms. The number of carbonyl (C=O) groups is 1. The predicted molar refractivity (Wildman–Crippen MR) is 102 cm³/mol. The van der Waals surface area contributed by atoms with Gasteiger partial charge in [0.05, 0.1) is 0 Å². The number of hydrogen-bond acceptors (Lipinski definition) is 2. The molecule has 0 aromatic heterocycles. The standard InChI is InChI=1S/C23H20O2/c1-18-10-13-21(14-11-18)23(24)15-12-19-8-5-9-22(16-19)25-17-20-6-3-2-4-7-20/h2-16H,17H2,1H3/b15-12+. The normalized spacial score (nSPS) is 10.8. The highest BCUT2D eigenvalue weighted by Crippen LogP contribution is 2.16. The minimum atomic E-state index is -0.00407. The van der Waals surface area contributed by atoms with Crippen molar-refractivity contribution in [3.05, 3.63) is 107 Å². The lowest BCUT2D eigenvalue weighted by atomic mass is 10.1. The van der Waals surface area contributed by atoms with Crippen LogP contribution in [0, 0.1) is 6.92 Å². The fourth-order valence-electron chi connectivity index (χ4n) is 2.43. The molecule has 0 aliphatic carbocycles. The first-order valence-electron chi connectivity index (χ1n) is 8.26. The molecule has 124 valence electrons. The molecule has 0 radical (unpaired) electrons. The molecule has 0 fully saturated rings. The summed E-state index contributed by atoms with van der Waals surface area (Å²) in [7, 11) is 0. The Morgan fingerprint density at radius 2 is 1.68 bits per heavy atom. The highest BCUT2D eigenvalue weighted by Gasteiger charge is 2.01. The van der Waals surface area contributed by atoms with E-state index in [-0.39, 0.29) is 5.78 Å². The number of hydrogen-bond donors (Lipinski definition) is 0. The summed E-state index contributed by atoms with van der Waals surface area (Å²) in [5.74, 6) is 0.782. The zero-order chi connectivity index (χ0) is 17.5. The first kappa shape index (κ1) is 16.7. The molecule has 0 atom stereocenters. The third kappa shape index (κ3) is 4.92. The maximum absolute atomic E-state index is 12.2. The second kappa shape index (κ2) is 8.11. The first-order chi connectivity index (χ1) is 12.2. The molecule has 0 aliphatic heterocycles. The Bertz CT molecular complexity index is 862. The Hall–Kier alpha value is -3.13. The van der Waals surface area contributed by atoms with Crippen LogP contribution < -0.4 is 4.74 Å². The summed E-state index contributed by atoms with van der Waals surface area (Å²) < 4.78 is 5.82. The molecule has 0 saturated carbocycles. The zero-order valence-corrected chi connectivity index (χ0v) is 14.2. The predicted octanol–water partition coefficient (Wildman–Crippen LogP) is 5.47. The summed E-state index contributed by atoms with van der Waals surface area (Å²) in [4.78, 5) is 12.2. The number of carbonyl (C=O) groups excluding carboxylic acids is 1. The summed E-state index contributed by atoms with van der Waals surface area (Å²) in [6.07, 6.45) is 3.42. The molecule has 3 aromatic rings. The largest absolute Gasteiger partial charge is 0.489 e. The van der Waals surface area contributed by atoms with Crippen LogP contribution in [0.2, 0.25) is 0 Å². The van der Waals surface area contributed by atoms with Gasteiger partial charge in [-0.25, -0.2) is 0 Å². The van der Waals surface area contributed by atoms with Gasteiger partial charge in [-0.05, 0) is 36.3 Å². The second-order valence-electron chi connectivity index (χ2n) is 5.91. The number of benzene rings is 3. The molecule has 0 heterocycles. The Balaban J connectivity index is 1.64. The van der Waals surface area contributed by atoms with Crippen LogP contribution in [0.25, 0.3) is 6.08 Å². The van der Waals surface area contributed by atoms with Gasteiger partial charge < -0.3 is 4.74 Å². The smallest absolute Gasteiger partial charge is 0.185 e. The van der Waals surface area contributed by atoms with Gasteiger partial charge >= 0.3 is 0 Å². The van der Waals surface area contributed by atoms with E-state index in [1.807, 2.05) is 91.9 Å². The van der Waals surface area contributed by atoms with Gasteiger partial charge in [-0.1, -0.05) is 78.4 Å². The molecule has 2 heteroatoms. The summed E-state index contributed by atoms with van der Waals surface area (Å²) in [6.45, 7) is 2.53. The highest BCUT2D eigenvalue weighted by molar-refractivity contribution is 6.06. The number of ether oxygens (including phenoxy) is 1. The number of ketones is 1. The van der Waals surface area contributed by atoms with Gasteiger partial charge in [-0.15, -0.1) is 0 Å². The molecular weight excluding hydrogens is 308 g/mol. The van der Waals surface area contributed by atoms with Crippen molar-refractivity contribution in [1.82, 2.24) is 0 Å². The van der Waals surface area contributed by atoms with Gasteiger partial charge in [0, 0.05) is 5.56 Å². The van der Waals surface area contributed by atoms with Crippen molar-refractivity contribution in [2.45, 2.75) is 13.5 Å². The van der Waals surface area contributed by atoms with Crippen molar-refractivity contribution in [3.8, 4) is 5.75 Å². The van der Waals surface area contributed by atoms with E-state index in [0.29, 0.717) is 12.2 Å². The van der Waals surface area contributed by atoms with Crippen LogP contribution in [-0.2, 0) is 6.61 Å². The maximum Gasteiger partial charge on any atom is 0.185 e. The molecule has 0 saturated heterocycles. The fraction of sp³-hybridized carbons (Fsp3) is 0.0870. The monoisotopic (exact) mass is 328 g/mol. The van der Waals surface area contributed by atoms with E-state index < -0.39 is 0 Å². The van der Waals surface area contributed by atoms with Crippen molar-refractivity contribution >= 4 is 11.9 Å². The van der Waals surface area contributed by atoms with E-state index in [1.54, 1.807) is 6.08 Å². The summed E-state index contributed by atoms with van der Waals surface area (Å²) in [5, 5.41) is 0. The van der Waals surface area contributed by atoms with Gasteiger partial charge in [-0.2, -0.15) is 0 Å². The van der Waals surface area contributed by atoms with E-state index in [4.69, 9.17) is 4.74 Å². The second-order valence-corrected chi connectivity index (χ2v) is 5.91. The maximum atomic E-state index is 12.2. The molecule has 0 amide bonds. The van der Waals surface area contributed by atoms with Crippen molar-refractivity contribution in [2.75, 3.05) is 0 Å². The van der Waals surface area contributed by atoms with Gasteiger partial charge in [0.25, 0.3) is 0 Å². The summed E-state index contributed by atoms with van der Waals surface area (Å²) in [5.41, 5.74) is 3.89. The molecule has 0 N–H and O–H groups in total. The topological polar surface area (TPSA) is 26.3 Å².